The van der Waals surface area contributed by atoms with Crippen LogP contribution in [0.4, 0.5) is 0 Å². The molecule has 0 spiro atoms. The van der Waals surface area contributed by atoms with Crippen LogP contribution in [-0.4, -0.2) is 21.1 Å². The van der Waals surface area contributed by atoms with Gasteiger partial charge in [0.25, 0.3) is 0 Å². The standard InChI is InChI=1S/C19H20N4OS/c1-2-8-18-21-22-19(25)23(18)20-13-16-11-6-7-12-17(16)24-14-15-9-4-3-5-10-15/h3-7,9-13H,2,8,14H2,1H3,(H,22,25)/b20-13+. The molecule has 0 aliphatic heterocycles. The second-order valence-electron chi connectivity index (χ2n) is 5.56. The number of aryl methyl sites for hydroxylation is 1. The second-order valence-corrected chi connectivity index (χ2v) is 5.95. The first kappa shape index (κ1) is 17.1. The van der Waals surface area contributed by atoms with Crippen LogP contribution in [0.2, 0.25) is 0 Å². The molecular formula is C19H20N4OS. The lowest BCUT2D eigenvalue weighted by atomic mass is 10.2. The Bertz CT molecular complexity index is 899. The Morgan fingerprint density at radius 2 is 1.92 bits per heavy atom. The van der Waals surface area contributed by atoms with E-state index in [0.29, 0.717) is 11.4 Å². The number of benzene rings is 2. The van der Waals surface area contributed by atoms with Gasteiger partial charge in [0.15, 0.2) is 5.82 Å². The normalized spacial score (nSPS) is 11.1. The van der Waals surface area contributed by atoms with Gasteiger partial charge in [-0.25, -0.2) is 0 Å². The van der Waals surface area contributed by atoms with E-state index in [9.17, 15) is 0 Å². The third kappa shape index (κ3) is 4.42. The van der Waals surface area contributed by atoms with Crippen LogP contribution in [0, 0.1) is 4.77 Å². The highest BCUT2D eigenvalue weighted by Crippen LogP contribution is 2.18. The Morgan fingerprint density at radius 1 is 1.16 bits per heavy atom. The minimum Gasteiger partial charge on any atom is -0.488 e. The number of rotatable bonds is 7. The van der Waals surface area contributed by atoms with Crippen LogP contribution in [0.1, 0.15) is 30.3 Å². The first-order chi connectivity index (χ1) is 12.3. The molecule has 2 aromatic carbocycles. The minimum atomic E-state index is 0.488. The first-order valence-corrected chi connectivity index (χ1v) is 8.65. The van der Waals surface area contributed by atoms with Crippen LogP contribution in [0.15, 0.2) is 59.7 Å². The predicted octanol–water partition coefficient (Wildman–Crippen LogP) is 4.35. The number of hydrogen-bond donors (Lipinski definition) is 1. The van der Waals surface area contributed by atoms with Gasteiger partial charge in [-0.05, 0) is 36.3 Å². The molecule has 3 aromatic rings. The Morgan fingerprint density at radius 3 is 2.72 bits per heavy atom. The highest BCUT2D eigenvalue weighted by molar-refractivity contribution is 7.71. The van der Waals surface area contributed by atoms with E-state index in [1.165, 1.54) is 0 Å². The molecule has 0 unspecified atom stereocenters. The van der Waals surface area contributed by atoms with Crippen LogP contribution in [0.3, 0.4) is 0 Å². The van der Waals surface area contributed by atoms with E-state index in [2.05, 4.69) is 22.2 Å². The summed E-state index contributed by atoms with van der Waals surface area (Å²) in [5.41, 5.74) is 2.01. The molecule has 1 aromatic heterocycles. The van der Waals surface area contributed by atoms with E-state index in [1.807, 2.05) is 54.6 Å². The van der Waals surface area contributed by atoms with Gasteiger partial charge in [0.05, 0.1) is 6.21 Å². The predicted molar refractivity (Wildman–Crippen MR) is 102 cm³/mol. The molecule has 0 radical (unpaired) electrons. The molecule has 0 aliphatic rings. The largest absolute Gasteiger partial charge is 0.488 e. The maximum Gasteiger partial charge on any atom is 0.216 e. The van der Waals surface area contributed by atoms with Crippen LogP contribution < -0.4 is 4.74 Å². The van der Waals surface area contributed by atoms with Gasteiger partial charge >= 0.3 is 0 Å². The summed E-state index contributed by atoms with van der Waals surface area (Å²) in [5.74, 6) is 1.61. The summed E-state index contributed by atoms with van der Waals surface area (Å²) in [6.45, 7) is 2.61. The Balaban J connectivity index is 1.79. The van der Waals surface area contributed by atoms with Crippen LogP contribution >= 0.6 is 12.2 Å². The van der Waals surface area contributed by atoms with Crippen molar-refractivity contribution in [3.8, 4) is 5.75 Å². The molecule has 128 valence electrons. The van der Waals surface area contributed by atoms with E-state index in [-0.39, 0.29) is 0 Å². The molecule has 0 saturated heterocycles. The molecule has 0 saturated carbocycles. The zero-order valence-electron chi connectivity index (χ0n) is 14.1. The number of hydrogen-bond acceptors (Lipinski definition) is 4. The fourth-order valence-electron chi connectivity index (χ4n) is 2.40. The quantitative estimate of drug-likeness (QED) is 0.508. The Hall–Kier alpha value is -2.73. The molecule has 0 atom stereocenters. The van der Waals surface area contributed by atoms with E-state index >= 15 is 0 Å². The molecule has 1 N–H and O–H groups in total. The fourth-order valence-corrected chi connectivity index (χ4v) is 2.60. The summed E-state index contributed by atoms with van der Waals surface area (Å²) in [4.78, 5) is 0. The van der Waals surface area contributed by atoms with Gasteiger partial charge in [0, 0.05) is 12.0 Å². The number of nitrogens with one attached hydrogen (secondary N) is 1. The lowest BCUT2D eigenvalue weighted by molar-refractivity contribution is 0.306. The first-order valence-electron chi connectivity index (χ1n) is 8.24. The zero-order valence-corrected chi connectivity index (χ0v) is 14.9. The Kier molecular flexibility index (Phi) is 5.74. The SMILES string of the molecule is CCCc1n[nH]c(=S)n1/N=C/c1ccccc1OCc1ccccc1. The number of aromatic amines is 1. The van der Waals surface area contributed by atoms with Crippen molar-refractivity contribution in [3.63, 3.8) is 0 Å². The van der Waals surface area contributed by atoms with Crippen molar-refractivity contribution in [1.29, 1.82) is 0 Å². The van der Waals surface area contributed by atoms with E-state index in [4.69, 9.17) is 17.0 Å². The summed E-state index contributed by atoms with van der Waals surface area (Å²) in [6, 6.07) is 17.9. The van der Waals surface area contributed by atoms with Gasteiger partial charge in [0.2, 0.25) is 4.77 Å². The van der Waals surface area contributed by atoms with E-state index in [1.54, 1.807) is 10.9 Å². The van der Waals surface area contributed by atoms with Crippen LogP contribution in [0.5, 0.6) is 5.75 Å². The van der Waals surface area contributed by atoms with Crippen molar-refractivity contribution in [2.75, 3.05) is 0 Å². The molecule has 0 aliphatic carbocycles. The monoisotopic (exact) mass is 352 g/mol. The second kappa shape index (κ2) is 8.39. The van der Waals surface area contributed by atoms with Crippen LogP contribution in [-0.2, 0) is 13.0 Å². The maximum absolute atomic E-state index is 5.95. The summed E-state index contributed by atoms with van der Waals surface area (Å²) in [5, 5.41) is 11.5. The lowest BCUT2D eigenvalue weighted by Gasteiger charge is -2.09. The summed E-state index contributed by atoms with van der Waals surface area (Å²) in [6.07, 6.45) is 3.55. The molecule has 6 heteroatoms. The number of ether oxygens (including phenoxy) is 1. The van der Waals surface area contributed by atoms with E-state index in [0.717, 1.165) is 35.5 Å². The topological polar surface area (TPSA) is 55.2 Å². The number of nitrogens with zero attached hydrogens (tertiary/aromatic N) is 3. The van der Waals surface area contributed by atoms with Gasteiger partial charge < -0.3 is 4.74 Å². The van der Waals surface area contributed by atoms with Crippen LogP contribution in [0.25, 0.3) is 0 Å². The van der Waals surface area contributed by atoms with Crippen molar-refractivity contribution in [3.05, 3.63) is 76.3 Å². The summed E-state index contributed by atoms with van der Waals surface area (Å²) >= 11 is 5.25. The Labute approximate surface area is 152 Å². The summed E-state index contributed by atoms with van der Waals surface area (Å²) in [7, 11) is 0. The van der Waals surface area contributed by atoms with Gasteiger partial charge in [-0.15, -0.1) is 0 Å². The third-order valence-electron chi connectivity index (χ3n) is 3.66. The molecule has 0 fully saturated rings. The smallest absolute Gasteiger partial charge is 0.216 e. The van der Waals surface area contributed by atoms with E-state index < -0.39 is 0 Å². The van der Waals surface area contributed by atoms with Gasteiger partial charge in [-0.3, -0.25) is 5.10 Å². The highest BCUT2D eigenvalue weighted by atomic mass is 32.1. The highest BCUT2D eigenvalue weighted by Gasteiger charge is 2.05. The average Bonchev–Trinajstić information content (AvgIpc) is 3.00. The molecule has 0 amide bonds. The average molecular weight is 352 g/mol. The molecule has 25 heavy (non-hydrogen) atoms. The van der Waals surface area contributed by atoms with Crippen molar-refractivity contribution in [1.82, 2.24) is 14.9 Å². The summed E-state index contributed by atoms with van der Waals surface area (Å²) < 4.78 is 8.10. The maximum atomic E-state index is 5.95. The molecule has 3 rings (SSSR count). The fraction of sp³-hybridized carbons (Fsp3) is 0.211. The molecular weight excluding hydrogens is 332 g/mol. The van der Waals surface area contributed by atoms with Gasteiger partial charge in [0.1, 0.15) is 12.4 Å². The van der Waals surface area contributed by atoms with Gasteiger partial charge in [-0.1, -0.05) is 49.4 Å². The molecule has 5 nitrogen and oxygen atoms in total. The zero-order chi connectivity index (χ0) is 17.5. The van der Waals surface area contributed by atoms with Crippen molar-refractivity contribution in [2.24, 2.45) is 5.10 Å². The lowest BCUT2D eigenvalue weighted by Crippen LogP contribution is -2.01. The minimum absolute atomic E-state index is 0.488. The van der Waals surface area contributed by atoms with Crippen molar-refractivity contribution >= 4 is 18.4 Å². The number of H-pyrrole nitrogens is 1. The number of aromatic nitrogens is 3. The van der Waals surface area contributed by atoms with Crippen molar-refractivity contribution < 1.29 is 4.74 Å². The number of para-hydroxylation sites is 1. The van der Waals surface area contributed by atoms with Gasteiger partial charge in [-0.2, -0.15) is 14.9 Å². The third-order valence-corrected chi connectivity index (χ3v) is 3.92. The van der Waals surface area contributed by atoms with Crippen molar-refractivity contribution in [2.45, 2.75) is 26.4 Å². The molecule has 0 bridgehead atoms. The molecule has 1 heterocycles.